The minimum absolute atomic E-state index is 0.125. The summed E-state index contributed by atoms with van der Waals surface area (Å²) in [4.78, 5) is 0. The van der Waals surface area contributed by atoms with Gasteiger partial charge in [-0.15, -0.1) is 10.2 Å². The fourth-order valence-electron chi connectivity index (χ4n) is 2.61. The molecule has 154 valence electrons. The minimum Gasteiger partial charge on any atom is -0.480 e. The Morgan fingerprint density at radius 2 is 1.86 bits per heavy atom. The SMILES string of the molecule is C[C@H](Oc1ccc(F)cc1F)c1nnc(SCc2cccc(C(F)(F)F)c2)n1C. The summed E-state index contributed by atoms with van der Waals surface area (Å²) in [6.45, 7) is 1.63. The molecule has 1 atom stereocenters. The second kappa shape index (κ2) is 8.40. The maximum absolute atomic E-state index is 13.8. The van der Waals surface area contributed by atoms with Crippen LogP contribution in [0.3, 0.4) is 0 Å². The van der Waals surface area contributed by atoms with Crippen LogP contribution in [0.2, 0.25) is 0 Å². The number of aromatic nitrogens is 3. The van der Waals surface area contributed by atoms with Gasteiger partial charge in [-0.2, -0.15) is 13.2 Å². The van der Waals surface area contributed by atoms with Crippen molar-refractivity contribution in [2.45, 2.75) is 30.1 Å². The normalized spacial score (nSPS) is 12.8. The van der Waals surface area contributed by atoms with Crippen LogP contribution in [0.25, 0.3) is 0 Å². The van der Waals surface area contributed by atoms with Crippen LogP contribution < -0.4 is 4.74 Å². The van der Waals surface area contributed by atoms with Crippen molar-refractivity contribution in [2.75, 3.05) is 0 Å². The highest BCUT2D eigenvalue weighted by Gasteiger charge is 2.30. The molecule has 0 saturated heterocycles. The smallest absolute Gasteiger partial charge is 0.416 e. The van der Waals surface area contributed by atoms with Crippen molar-refractivity contribution >= 4 is 11.8 Å². The highest BCUT2D eigenvalue weighted by Crippen LogP contribution is 2.31. The molecule has 0 spiro atoms. The van der Waals surface area contributed by atoms with Gasteiger partial charge in [0.05, 0.1) is 5.56 Å². The zero-order valence-electron chi connectivity index (χ0n) is 15.4. The number of thioether (sulfide) groups is 1. The van der Waals surface area contributed by atoms with Crippen LogP contribution in [0, 0.1) is 11.6 Å². The van der Waals surface area contributed by atoms with Gasteiger partial charge in [-0.1, -0.05) is 30.0 Å². The van der Waals surface area contributed by atoms with E-state index in [0.717, 1.165) is 24.3 Å². The van der Waals surface area contributed by atoms with Gasteiger partial charge in [-0.05, 0) is 30.7 Å². The number of ether oxygens (including phenoxy) is 1. The Hall–Kier alpha value is -2.62. The average molecular weight is 429 g/mol. The summed E-state index contributed by atoms with van der Waals surface area (Å²) in [7, 11) is 1.67. The van der Waals surface area contributed by atoms with Gasteiger partial charge < -0.3 is 9.30 Å². The molecule has 0 saturated carbocycles. The van der Waals surface area contributed by atoms with Crippen molar-refractivity contribution in [3.8, 4) is 5.75 Å². The molecule has 0 radical (unpaired) electrons. The molecular formula is C19H16F5N3OS. The molecule has 1 heterocycles. The maximum atomic E-state index is 13.8. The minimum atomic E-state index is -4.40. The first-order valence-electron chi connectivity index (χ1n) is 8.45. The third-order valence-electron chi connectivity index (χ3n) is 4.05. The van der Waals surface area contributed by atoms with Gasteiger partial charge in [0.15, 0.2) is 28.7 Å². The Balaban J connectivity index is 1.69. The first-order chi connectivity index (χ1) is 13.6. The number of hydrogen-bond acceptors (Lipinski definition) is 4. The lowest BCUT2D eigenvalue weighted by Crippen LogP contribution is -2.11. The van der Waals surface area contributed by atoms with E-state index in [1.54, 1.807) is 24.6 Å². The summed E-state index contributed by atoms with van der Waals surface area (Å²) in [5.74, 6) is -1.02. The van der Waals surface area contributed by atoms with Gasteiger partial charge in [0, 0.05) is 18.9 Å². The van der Waals surface area contributed by atoms with Crippen LogP contribution in [0.5, 0.6) is 5.75 Å². The van der Waals surface area contributed by atoms with E-state index in [4.69, 9.17) is 4.74 Å². The van der Waals surface area contributed by atoms with E-state index >= 15 is 0 Å². The lowest BCUT2D eigenvalue weighted by atomic mass is 10.1. The second-order valence-corrected chi connectivity index (χ2v) is 7.16. The highest BCUT2D eigenvalue weighted by atomic mass is 32.2. The molecular weight excluding hydrogens is 413 g/mol. The first kappa shape index (κ1) is 21.1. The predicted octanol–water partition coefficient (Wildman–Crippen LogP) is 5.54. The molecule has 1 aromatic heterocycles. The summed E-state index contributed by atoms with van der Waals surface area (Å²) >= 11 is 1.21. The Labute approximate surface area is 167 Å². The molecule has 3 aromatic rings. The Morgan fingerprint density at radius 1 is 1.10 bits per heavy atom. The fraction of sp³-hybridized carbons (Fsp3) is 0.263. The van der Waals surface area contributed by atoms with E-state index in [0.29, 0.717) is 16.5 Å². The predicted molar refractivity (Wildman–Crippen MR) is 97.4 cm³/mol. The average Bonchev–Trinajstić information content (AvgIpc) is 3.02. The van der Waals surface area contributed by atoms with E-state index in [2.05, 4.69) is 10.2 Å². The monoisotopic (exact) mass is 429 g/mol. The third-order valence-corrected chi connectivity index (χ3v) is 5.14. The molecule has 0 fully saturated rings. The Bertz CT molecular complexity index is 1010. The molecule has 0 N–H and O–H groups in total. The summed E-state index contributed by atoms with van der Waals surface area (Å²) in [5, 5.41) is 8.51. The van der Waals surface area contributed by atoms with Crippen molar-refractivity contribution in [1.29, 1.82) is 0 Å². The molecule has 2 aromatic carbocycles. The van der Waals surface area contributed by atoms with Crippen LogP contribution in [0.4, 0.5) is 22.0 Å². The van der Waals surface area contributed by atoms with Crippen molar-refractivity contribution in [3.63, 3.8) is 0 Å². The first-order valence-corrected chi connectivity index (χ1v) is 9.43. The lowest BCUT2D eigenvalue weighted by Gasteiger charge is -2.14. The van der Waals surface area contributed by atoms with Gasteiger partial charge in [0.25, 0.3) is 0 Å². The van der Waals surface area contributed by atoms with Crippen molar-refractivity contribution < 1.29 is 26.7 Å². The Kier molecular flexibility index (Phi) is 6.11. The maximum Gasteiger partial charge on any atom is 0.416 e. The molecule has 0 unspecified atom stereocenters. The van der Waals surface area contributed by atoms with E-state index < -0.39 is 29.5 Å². The van der Waals surface area contributed by atoms with Crippen molar-refractivity contribution in [1.82, 2.24) is 14.8 Å². The summed E-state index contributed by atoms with van der Waals surface area (Å²) in [5.41, 5.74) is -0.218. The quantitative estimate of drug-likeness (QED) is 0.381. The van der Waals surface area contributed by atoms with Gasteiger partial charge in [0.2, 0.25) is 0 Å². The van der Waals surface area contributed by atoms with Crippen LogP contribution in [0.15, 0.2) is 47.6 Å². The lowest BCUT2D eigenvalue weighted by molar-refractivity contribution is -0.137. The summed E-state index contributed by atoms with van der Waals surface area (Å²) in [6, 6.07) is 8.04. The second-order valence-electron chi connectivity index (χ2n) is 6.22. The van der Waals surface area contributed by atoms with Crippen LogP contribution >= 0.6 is 11.8 Å². The van der Waals surface area contributed by atoms with Crippen LogP contribution in [0.1, 0.15) is 30.0 Å². The molecule has 10 heteroatoms. The molecule has 3 rings (SSSR count). The van der Waals surface area contributed by atoms with Gasteiger partial charge >= 0.3 is 6.18 Å². The zero-order valence-corrected chi connectivity index (χ0v) is 16.2. The molecule has 4 nitrogen and oxygen atoms in total. The van der Waals surface area contributed by atoms with Gasteiger partial charge in [-0.3, -0.25) is 0 Å². The van der Waals surface area contributed by atoms with E-state index in [1.807, 2.05) is 0 Å². The standard InChI is InChI=1S/C19H16F5N3OS/c1-11(28-16-7-6-14(20)9-15(16)21)17-25-26-18(27(17)2)29-10-12-4-3-5-13(8-12)19(22,23)24/h3-9,11H,10H2,1-2H3/t11-/m0/s1. The van der Waals surface area contributed by atoms with Gasteiger partial charge in [0.1, 0.15) is 5.82 Å². The highest BCUT2D eigenvalue weighted by molar-refractivity contribution is 7.98. The molecule has 0 bridgehead atoms. The van der Waals surface area contributed by atoms with Gasteiger partial charge in [-0.25, -0.2) is 8.78 Å². The molecule has 0 amide bonds. The van der Waals surface area contributed by atoms with E-state index in [1.165, 1.54) is 23.9 Å². The third kappa shape index (κ3) is 5.06. The largest absolute Gasteiger partial charge is 0.480 e. The van der Waals surface area contributed by atoms with Crippen LogP contribution in [-0.4, -0.2) is 14.8 Å². The molecule has 0 aliphatic heterocycles. The summed E-state index contributed by atoms with van der Waals surface area (Å²) < 4.78 is 72.3. The molecule has 29 heavy (non-hydrogen) atoms. The fourth-order valence-corrected chi connectivity index (χ4v) is 3.47. The zero-order chi connectivity index (χ0) is 21.2. The number of rotatable bonds is 6. The molecule has 0 aliphatic carbocycles. The number of alkyl halides is 3. The number of benzene rings is 2. The van der Waals surface area contributed by atoms with Crippen molar-refractivity contribution in [3.05, 3.63) is 71.1 Å². The number of nitrogens with zero attached hydrogens (tertiary/aromatic N) is 3. The number of halogens is 5. The van der Waals surface area contributed by atoms with E-state index in [9.17, 15) is 22.0 Å². The topological polar surface area (TPSA) is 39.9 Å². The summed E-state index contributed by atoms with van der Waals surface area (Å²) in [6.07, 6.45) is -5.09. The van der Waals surface area contributed by atoms with E-state index in [-0.39, 0.29) is 11.5 Å². The molecule has 0 aliphatic rings. The number of hydrogen-bond donors (Lipinski definition) is 0. The van der Waals surface area contributed by atoms with Crippen LogP contribution in [-0.2, 0) is 19.0 Å². The Morgan fingerprint density at radius 3 is 2.55 bits per heavy atom. The van der Waals surface area contributed by atoms with Crippen molar-refractivity contribution in [2.24, 2.45) is 7.05 Å².